The number of esters is 1. The number of phosphoric ester groups is 1. The van der Waals surface area contributed by atoms with Gasteiger partial charge in [0.15, 0.2) is 18.0 Å². The van der Waals surface area contributed by atoms with Gasteiger partial charge in [0.05, 0.1) is 25.2 Å². The molecule has 0 radical (unpaired) electrons. The normalized spacial score (nSPS) is 31.9. The Balaban J connectivity index is 1.56. The number of aromatic nitrogens is 2. The van der Waals surface area contributed by atoms with E-state index in [1.54, 1.807) is 38.1 Å². The first-order chi connectivity index (χ1) is 17.4. The SMILES string of the molecule is CC(C)C(=O)O[C@@H]1[C@@H](COP2(=O)OCC[C@@H](c3cccc(Cl)c3)O2)O[C@@H](n2ccc(=O)[nH]c2=O)[C@]1(C)F. The minimum atomic E-state index is -4.13. The highest BCUT2D eigenvalue weighted by molar-refractivity contribution is 7.48. The maximum Gasteiger partial charge on any atom is 0.475 e. The van der Waals surface area contributed by atoms with Gasteiger partial charge in [-0.1, -0.05) is 37.6 Å². The van der Waals surface area contributed by atoms with Crippen LogP contribution in [0.15, 0.2) is 46.1 Å². The molecule has 1 N–H and O–H groups in total. The lowest BCUT2D eigenvalue weighted by Crippen LogP contribution is -2.46. The number of nitrogens with zero attached hydrogens (tertiary/aromatic N) is 1. The minimum absolute atomic E-state index is 0.0575. The number of ether oxygens (including phenoxy) is 2. The summed E-state index contributed by atoms with van der Waals surface area (Å²) in [5.41, 5.74) is -3.36. The van der Waals surface area contributed by atoms with Gasteiger partial charge in [0.25, 0.3) is 5.56 Å². The fourth-order valence-electron chi connectivity index (χ4n) is 4.08. The first kappa shape index (κ1) is 27.7. The number of hydrogen-bond donors (Lipinski definition) is 1. The molecule has 1 unspecified atom stereocenters. The molecule has 2 aliphatic rings. The average Bonchev–Trinajstić information content (AvgIpc) is 3.07. The van der Waals surface area contributed by atoms with Crippen LogP contribution in [0.5, 0.6) is 0 Å². The molecule has 4 rings (SSSR count). The van der Waals surface area contributed by atoms with E-state index in [1.165, 1.54) is 0 Å². The lowest BCUT2D eigenvalue weighted by Gasteiger charge is -2.30. The van der Waals surface area contributed by atoms with Crippen LogP contribution in [0.25, 0.3) is 0 Å². The molecule has 37 heavy (non-hydrogen) atoms. The highest BCUT2D eigenvalue weighted by Crippen LogP contribution is 2.57. The highest BCUT2D eigenvalue weighted by Gasteiger charge is 2.59. The van der Waals surface area contributed by atoms with Crippen molar-refractivity contribution in [1.82, 2.24) is 9.55 Å². The lowest BCUT2D eigenvalue weighted by atomic mass is 9.98. The Labute approximate surface area is 216 Å². The van der Waals surface area contributed by atoms with Crippen LogP contribution in [0.3, 0.4) is 0 Å². The van der Waals surface area contributed by atoms with E-state index < -0.39 is 67.8 Å². The monoisotopic (exact) mass is 560 g/mol. The van der Waals surface area contributed by atoms with Gasteiger partial charge in [-0.15, -0.1) is 0 Å². The molecule has 6 atom stereocenters. The molecule has 3 heterocycles. The maximum absolute atomic E-state index is 16.1. The van der Waals surface area contributed by atoms with Crippen LogP contribution in [0.2, 0.25) is 5.02 Å². The van der Waals surface area contributed by atoms with E-state index in [0.717, 1.165) is 23.8 Å². The second kappa shape index (κ2) is 10.8. The third-order valence-electron chi connectivity index (χ3n) is 6.00. The van der Waals surface area contributed by atoms with Gasteiger partial charge in [0, 0.05) is 23.7 Å². The van der Waals surface area contributed by atoms with E-state index in [4.69, 9.17) is 34.6 Å². The Morgan fingerprint density at radius 3 is 2.78 bits per heavy atom. The second-order valence-electron chi connectivity index (χ2n) is 9.22. The number of alkyl halides is 1. The summed E-state index contributed by atoms with van der Waals surface area (Å²) in [6, 6.07) is 7.87. The van der Waals surface area contributed by atoms with Crippen LogP contribution < -0.4 is 11.2 Å². The van der Waals surface area contributed by atoms with Crippen LogP contribution in [0, 0.1) is 5.92 Å². The Kier molecular flexibility index (Phi) is 8.08. The third-order valence-corrected chi connectivity index (χ3v) is 7.71. The Morgan fingerprint density at radius 1 is 1.35 bits per heavy atom. The van der Waals surface area contributed by atoms with Crippen LogP contribution in [-0.4, -0.2) is 46.6 Å². The highest BCUT2D eigenvalue weighted by atomic mass is 35.5. The van der Waals surface area contributed by atoms with E-state index in [9.17, 15) is 18.9 Å². The summed E-state index contributed by atoms with van der Waals surface area (Å²) in [7, 11) is -4.13. The molecule has 2 saturated heterocycles. The number of rotatable bonds is 7. The van der Waals surface area contributed by atoms with Crippen molar-refractivity contribution in [2.24, 2.45) is 5.92 Å². The molecule has 0 saturated carbocycles. The molecule has 2 aliphatic heterocycles. The zero-order valence-electron chi connectivity index (χ0n) is 20.3. The van der Waals surface area contributed by atoms with Gasteiger partial charge >= 0.3 is 19.5 Å². The van der Waals surface area contributed by atoms with E-state index in [0.29, 0.717) is 17.0 Å². The molecule has 0 spiro atoms. The van der Waals surface area contributed by atoms with Gasteiger partial charge in [-0.3, -0.25) is 32.7 Å². The molecule has 14 heteroatoms. The molecule has 2 fully saturated rings. The zero-order valence-corrected chi connectivity index (χ0v) is 21.9. The Bertz CT molecular complexity index is 1310. The molecule has 11 nitrogen and oxygen atoms in total. The summed E-state index contributed by atoms with van der Waals surface area (Å²) in [5, 5.41) is 0.475. The average molecular weight is 561 g/mol. The lowest BCUT2D eigenvalue weighted by molar-refractivity contribution is -0.162. The molecule has 1 aromatic heterocycles. The van der Waals surface area contributed by atoms with Gasteiger partial charge < -0.3 is 9.47 Å². The van der Waals surface area contributed by atoms with Gasteiger partial charge in [-0.05, 0) is 24.6 Å². The largest absolute Gasteiger partial charge is 0.475 e. The van der Waals surface area contributed by atoms with Crippen LogP contribution in [0.1, 0.15) is 45.1 Å². The number of benzene rings is 1. The first-order valence-electron chi connectivity index (χ1n) is 11.6. The van der Waals surface area contributed by atoms with Gasteiger partial charge in [-0.2, -0.15) is 0 Å². The number of hydrogen-bond acceptors (Lipinski definition) is 9. The molecule has 1 aromatic carbocycles. The summed E-state index contributed by atoms with van der Waals surface area (Å²) in [5.74, 6) is -1.30. The van der Waals surface area contributed by atoms with Crippen LogP contribution in [-0.2, 0) is 32.4 Å². The summed E-state index contributed by atoms with van der Waals surface area (Å²) >= 11 is 6.05. The molecular formula is C23H27ClFN2O9P. The van der Waals surface area contributed by atoms with Gasteiger partial charge in [0.2, 0.25) is 0 Å². The van der Waals surface area contributed by atoms with Crippen molar-refractivity contribution in [2.45, 2.75) is 57.4 Å². The van der Waals surface area contributed by atoms with Crippen molar-refractivity contribution < 1.29 is 36.8 Å². The predicted octanol–water partition coefficient (Wildman–Crippen LogP) is 3.69. The molecule has 0 aliphatic carbocycles. The Hall–Kier alpha value is -2.34. The second-order valence-corrected chi connectivity index (χ2v) is 11.3. The van der Waals surface area contributed by atoms with Crippen molar-refractivity contribution in [2.75, 3.05) is 13.2 Å². The number of nitrogens with one attached hydrogen (secondary N) is 1. The maximum atomic E-state index is 16.1. The minimum Gasteiger partial charge on any atom is -0.456 e. The van der Waals surface area contributed by atoms with Gasteiger partial charge in [0.1, 0.15) is 6.10 Å². The van der Waals surface area contributed by atoms with Gasteiger partial charge in [-0.25, -0.2) is 13.8 Å². The standard InChI is InChI=1S/C23H27ClFN2O9P/c1-13(2)20(29)35-19-17(34-21(23(19,3)25)27-9-7-18(28)26-22(27)30)12-33-37(31)32-10-8-16(36-37)14-5-4-6-15(24)11-14/h4-7,9,11,13,16-17,19,21H,8,10,12H2,1-3H3,(H,26,28,30)/t16-,17+,19+,21+,23+,37?/m0/s1. The van der Waals surface area contributed by atoms with E-state index in [-0.39, 0.29) is 6.61 Å². The first-order valence-corrected chi connectivity index (χ1v) is 13.4. The summed E-state index contributed by atoms with van der Waals surface area (Å²) in [6.45, 7) is 3.74. The molecule has 2 aromatic rings. The van der Waals surface area contributed by atoms with Crippen molar-refractivity contribution in [3.63, 3.8) is 0 Å². The zero-order chi connectivity index (χ0) is 27.0. The van der Waals surface area contributed by atoms with Crippen LogP contribution >= 0.6 is 19.4 Å². The van der Waals surface area contributed by atoms with Crippen molar-refractivity contribution in [3.8, 4) is 0 Å². The van der Waals surface area contributed by atoms with E-state index >= 15 is 4.39 Å². The summed E-state index contributed by atoms with van der Waals surface area (Å²) < 4.78 is 57.7. The number of carbonyl (C=O) groups is 1. The fraction of sp³-hybridized carbons (Fsp3) is 0.522. The quantitative estimate of drug-likeness (QED) is 0.397. The Morgan fingerprint density at radius 2 is 2.11 bits per heavy atom. The van der Waals surface area contributed by atoms with E-state index in [2.05, 4.69) is 0 Å². The van der Waals surface area contributed by atoms with Crippen LogP contribution in [0.4, 0.5) is 4.39 Å². The molecule has 202 valence electrons. The number of carbonyl (C=O) groups excluding carboxylic acids is 1. The number of phosphoric acid groups is 1. The smallest absolute Gasteiger partial charge is 0.456 e. The van der Waals surface area contributed by atoms with E-state index in [1.807, 2.05) is 4.98 Å². The molecule has 0 amide bonds. The topological polar surface area (TPSA) is 135 Å². The predicted molar refractivity (Wildman–Crippen MR) is 129 cm³/mol. The number of aromatic amines is 1. The van der Waals surface area contributed by atoms with Crippen molar-refractivity contribution >= 4 is 25.4 Å². The number of H-pyrrole nitrogens is 1. The fourth-order valence-corrected chi connectivity index (χ4v) is 5.67. The third kappa shape index (κ3) is 6.05. The summed E-state index contributed by atoms with van der Waals surface area (Å²) in [6.07, 6.45) is -3.61. The van der Waals surface area contributed by atoms with Crippen molar-refractivity contribution in [3.05, 3.63) is 68.0 Å². The number of halogens is 2. The molecule has 0 bridgehead atoms. The molecular weight excluding hydrogens is 534 g/mol. The van der Waals surface area contributed by atoms with Crippen molar-refractivity contribution in [1.29, 1.82) is 0 Å². The summed E-state index contributed by atoms with van der Waals surface area (Å²) in [4.78, 5) is 38.2.